The molecule has 1 fully saturated rings. The molecule has 114 valence electrons. The molecule has 0 amide bonds. The van der Waals surface area contributed by atoms with E-state index in [0.29, 0.717) is 5.41 Å². The summed E-state index contributed by atoms with van der Waals surface area (Å²) in [7, 11) is 0. The smallest absolute Gasteiger partial charge is 0.0622 e. The SMILES string of the molecule is CCC(C)(O)CC(C)(C)CC1CC(C(C)(C)C)C1C. The van der Waals surface area contributed by atoms with Crippen molar-refractivity contribution in [1.82, 2.24) is 0 Å². The zero-order valence-electron chi connectivity index (χ0n) is 14.5. The van der Waals surface area contributed by atoms with E-state index in [9.17, 15) is 5.11 Å². The number of hydrogen-bond donors (Lipinski definition) is 1. The molecule has 0 aromatic heterocycles. The monoisotopic (exact) mass is 268 g/mol. The van der Waals surface area contributed by atoms with Gasteiger partial charge in [-0.3, -0.25) is 0 Å². The lowest BCUT2D eigenvalue weighted by Crippen LogP contribution is -2.44. The van der Waals surface area contributed by atoms with E-state index in [1.165, 1.54) is 12.8 Å². The molecule has 0 radical (unpaired) electrons. The van der Waals surface area contributed by atoms with Gasteiger partial charge in [0.15, 0.2) is 0 Å². The molecule has 0 bridgehead atoms. The van der Waals surface area contributed by atoms with Gasteiger partial charge in [0.25, 0.3) is 0 Å². The second kappa shape index (κ2) is 5.39. The largest absolute Gasteiger partial charge is 0.390 e. The molecule has 0 aromatic carbocycles. The summed E-state index contributed by atoms with van der Waals surface area (Å²) in [6, 6.07) is 0. The molecule has 1 rings (SSSR count). The van der Waals surface area contributed by atoms with Crippen molar-refractivity contribution in [2.45, 2.75) is 86.7 Å². The van der Waals surface area contributed by atoms with Gasteiger partial charge in [-0.05, 0) is 61.2 Å². The van der Waals surface area contributed by atoms with Crippen molar-refractivity contribution in [3.05, 3.63) is 0 Å². The molecule has 19 heavy (non-hydrogen) atoms. The Hall–Kier alpha value is -0.0400. The third-order valence-corrected chi connectivity index (χ3v) is 5.48. The van der Waals surface area contributed by atoms with Crippen molar-refractivity contribution in [2.75, 3.05) is 0 Å². The first kappa shape index (κ1) is 17.0. The summed E-state index contributed by atoms with van der Waals surface area (Å²) in [4.78, 5) is 0. The van der Waals surface area contributed by atoms with E-state index in [2.05, 4.69) is 48.5 Å². The van der Waals surface area contributed by atoms with Gasteiger partial charge in [-0.2, -0.15) is 0 Å². The fourth-order valence-corrected chi connectivity index (χ4v) is 4.24. The first-order valence-electron chi connectivity index (χ1n) is 8.10. The van der Waals surface area contributed by atoms with E-state index >= 15 is 0 Å². The lowest BCUT2D eigenvalue weighted by atomic mass is 9.53. The average Bonchev–Trinajstić information content (AvgIpc) is 2.20. The maximum absolute atomic E-state index is 10.3. The zero-order chi connectivity index (χ0) is 15.1. The minimum absolute atomic E-state index is 0.251. The molecule has 0 aliphatic heterocycles. The van der Waals surface area contributed by atoms with Gasteiger partial charge in [0.05, 0.1) is 5.60 Å². The number of aliphatic hydroxyl groups is 1. The Kier molecular flexibility index (Phi) is 4.83. The lowest BCUT2D eigenvalue weighted by molar-refractivity contribution is -0.0439. The van der Waals surface area contributed by atoms with Crippen LogP contribution in [0.4, 0.5) is 0 Å². The van der Waals surface area contributed by atoms with Crippen molar-refractivity contribution >= 4 is 0 Å². The highest BCUT2D eigenvalue weighted by molar-refractivity contribution is 4.95. The van der Waals surface area contributed by atoms with Crippen LogP contribution in [0.5, 0.6) is 0 Å². The van der Waals surface area contributed by atoms with Gasteiger partial charge in [-0.15, -0.1) is 0 Å². The van der Waals surface area contributed by atoms with E-state index in [1.807, 2.05) is 6.92 Å². The molecule has 0 heterocycles. The molecule has 1 aliphatic rings. The summed E-state index contributed by atoms with van der Waals surface area (Å²) in [5.74, 6) is 2.57. The quantitative estimate of drug-likeness (QED) is 0.720. The molecule has 0 saturated heterocycles. The summed E-state index contributed by atoms with van der Waals surface area (Å²) in [5.41, 5.74) is 0.205. The van der Waals surface area contributed by atoms with Crippen LogP contribution in [0.3, 0.4) is 0 Å². The zero-order valence-corrected chi connectivity index (χ0v) is 14.5. The molecule has 1 N–H and O–H groups in total. The Balaban J connectivity index is 2.53. The number of rotatable bonds is 5. The van der Waals surface area contributed by atoms with Crippen molar-refractivity contribution in [3.8, 4) is 0 Å². The summed E-state index contributed by atoms with van der Waals surface area (Å²) in [6.45, 7) is 18.3. The minimum atomic E-state index is -0.500. The van der Waals surface area contributed by atoms with Gasteiger partial charge in [0.1, 0.15) is 0 Å². The predicted molar refractivity (Wildman–Crippen MR) is 84.1 cm³/mol. The Bertz CT molecular complexity index is 295. The first-order chi connectivity index (χ1) is 8.38. The van der Waals surface area contributed by atoms with Crippen LogP contribution in [0, 0.1) is 28.6 Å². The highest BCUT2D eigenvalue weighted by Gasteiger charge is 2.45. The topological polar surface area (TPSA) is 20.2 Å². The van der Waals surface area contributed by atoms with Crippen molar-refractivity contribution in [3.63, 3.8) is 0 Å². The highest BCUT2D eigenvalue weighted by Crippen LogP contribution is 2.54. The first-order valence-corrected chi connectivity index (χ1v) is 8.10. The molecule has 0 spiro atoms. The molecular weight excluding hydrogens is 232 g/mol. The Morgan fingerprint density at radius 3 is 1.95 bits per heavy atom. The van der Waals surface area contributed by atoms with E-state index in [-0.39, 0.29) is 5.41 Å². The van der Waals surface area contributed by atoms with Gasteiger partial charge in [-0.1, -0.05) is 48.5 Å². The summed E-state index contributed by atoms with van der Waals surface area (Å²) in [6.07, 6.45) is 4.40. The van der Waals surface area contributed by atoms with Crippen molar-refractivity contribution in [1.29, 1.82) is 0 Å². The minimum Gasteiger partial charge on any atom is -0.390 e. The Morgan fingerprint density at radius 2 is 1.58 bits per heavy atom. The highest BCUT2D eigenvalue weighted by atomic mass is 16.3. The van der Waals surface area contributed by atoms with E-state index in [0.717, 1.165) is 30.6 Å². The van der Waals surface area contributed by atoms with E-state index in [1.54, 1.807) is 0 Å². The van der Waals surface area contributed by atoms with Gasteiger partial charge in [-0.25, -0.2) is 0 Å². The van der Waals surface area contributed by atoms with Gasteiger partial charge >= 0.3 is 0 Å². The lowest BCUT2D eigenvalue weighted by Gasteiger charge is -2.52. The average molecular weight is 268 g/mol. The maximum atomic E-state index is 10.3. The van der Waals surface area contributed by atoms with E-state index < -0.39 is 5.60 Å². The van der Waals surface area contributed by atoms with Crippen LogP contribution in [0.2, 0.25) is 0 Å². The summed E-state index contributed by atoms with van der Waals surface area (Å²) >= 11 is 0. The maximum Gasteiger partial charge on any atom is 0.0622 e. The normalized spacial score (nSPS) is 31.7. The summed E-state index contributed by atoms with van der Waals surface area (Å²) in [5, 5.41) is 10.3. The Labute approximate surface area is 121 Å². The van der Waals surface area contributed by atoms with Crippen LogP contribution in [0.25, 0.3) is 0 Å². The van der Waals surface area contributed by atoms with Crippen molar-refractivity contribution in [2.24, 2.45) is 28.6 Å². The molecule has 1 saturated carbocycles. The summed E-state index contributed by atoms with van der Waals surface area (Å²) < 4.78 is 0. The van der Waals surface area contributed by atoms with Crippen LogP contribution >= 0.6 is 0 Å². The fourth-order valence-electron chi connectivity index (χ4n) is 4.24. The van der Waals surface area contributed by atoms with Crippen LogP contribution < -0.4 is 0 Å². The molecular formula is C18H36O. The third kappa shape index (κ3) is 4.48. The second-order valence-electron chi connectivity index (χ2n) is 9.22. The second-order valence-corrected chi connectivity index (χ2v) is 9.22. The molecule has 0 aromatic rings. The molecule has 4 atom stereocenters. The van der Waals surface area contributed by atoms with Crippen LogP contribution in [-0.2, 0) is 0 Å². The predicted octanol–water partition coefficient (Wildman–Crippen LogP) is 5.27. The third-order valence-electron chi connectivity index (χ3n) is 5.48. The van der Waals surface area contributed by atoms with Gasteiger partial charge < -0.3 is 5.11 Å². The van der Waals surface area contributed by atoms with Crippen LogP contribution in [0.1, 0.15) is 81.1 Å². The molecule has 4 unspecified atom stereocenters. The molecule has 1 nitrogen and oxygen atoms in total. The standard InChI is InChI=1S/C18H36O/c1-9-18(8,19)12-17(6,7)11-14-10-15(13(14)2)16(3,4)5/h13-15,19H,9-12H2,1-8H3. The number of hydrogen-bond acceptors (Lipinski definition) is 1. The Morgan fingerprint density at radius 1 is 1.05 bits per heavy atom. The van der Waals surface area contributed by atoms with Crippen LogP contribution in [-0.4, -0.2) is 10.7 Å². The van der Waals surface area contributed by atoms with Gasteiger partial charge in [0, 0.05) is 0 Å². The van der Waals surface area contributed by atoms with Gasteiger partial charge in [0.2, 0.25) is 0 Å². The van der Waals surface area contributed by atoms with E-state index in [4.69, 9.17) is 0 Å². The van der Waals surface area contributed by atoms with Crippen molar-refractivity contribution < 1.29 is 5.11 Å². The molecule has 1 heteroatoms. The fraction of sp³-hybridized carbons (Fsp3) is 1.00. The van der Waals surface area contributed by atoms with Crippen LogP contribution in [0.15, 0.2) is 0 Å². The molecule has 1 aliphatic carbocycles.